The van der Waals surface area contributed by atoms with Crippen molar-refractivity contribution in [1.29, 1.82) is 0 Å². The molecule has 0 radical (unpaired) electrons. The minimum absolute atomic E-state index is 0.143. The number of carbonyl (C=O) groups is 1. The highest BCUT2D eigenvalue weighted by molar-refractivity contribution is 5.95. The van der Waals surface area contributed by atoms with Crippen LogP contribution in [0.25, 0.3) is 5.69 Å². The van der Waals surface area contributed by atoms with E-state index in [2.05, 4.69) is 52.5 Å². The zero-order valence-electron chi connectivity index (χ0n) is 22.5. The number of ether oxygens (including phenoxy) is 1. The first-order valence-electron chi connectivity index (χ1n) is 14.0. The Balaban J connectivity index is 1.32. The van der Waals surface area contributed by atoms with Gasteiger partial charge in [-0.2, -0.15) is 0 Å². The molecule has 1 amide bonds. The second-order valence-electron chi connectivity index (χ2n) is 11.1. The molecular weight excluding hydrogens is 460 g/mol. The topological polar surface area (TPSA) is 60.2 Å². The van der Waals surface area contributed by atoms with Gasteiger partial charge in [-0.1, -0.05) is 42.7 Å². The molecule has 0 bridgehead atoms. The zero-order chi connectivity index (χ0) is 25.8. The summed E-state index contributed by atoms with van der Waals surface area (Å²) in [6.45, 7) is 4.86. The lowest BCUT2D eigenvalue weighted by Crippen LogP contribution is -2.41. The molecule has 5 rings (SSSR count). The van der Waals surface area contributed by atoms with Crippen molar-refractivity contribution >= 4 is 11.6 Å². The summed E-state index contributed by atoms with van der Waals surface area (Å²) in [6, 6.07) is 14.9. The highest BCUT2D eigenvalue weighted by Crippen LogP contribution is 2.38. The van der Waals surface area contributed by atoms with Gasteiger partial charge in [-0.15, -0.1) is 5.10 Å². The summed E-state index contributed by atoms with van der Waals surface area (Å²) < 4.78 is 7.25. The van der Waals surface area contributed by atoms with Gasteiger partial charge in [0.25, 0.3) is 0 Å². The maximum atomic E-state index is 13.9. The van der Waals surface area contributed by atoms with Gasteiger partial charge in [-0.05, 0) is 99.6 Å². The molecule has 0 atom stereocenters. The molecule has 1 aromatic heterocycles. The summed E-state index contributed by atoms with van der Waals surface area (Å²) in [5, 5.41) is 8.39. The van der Waals surface area contributed by atoms with Crippen molar-refractivity contribution in [2.45, 2.75) is 77.6 Å². The van der Waals surface area contributed by atoms with Crippen molar-refractivity contribution in [3.8, 4) is 11.4 Å². The number of aromatic nitrogens is 3. The Kier molecular flexibility index (Phi) is 7.92. The number of anilines is 1. The number of rotatable bonds is 7. The van der Waals surface area contributed by atoms with Gasteiger partial charge in [-0.25, -0.2) is 4.68 Å². The lowest BCUT2D eigenvalue weighted by Gasteiger charge is -2.35. The molecule has 0 N–H and O–H groups in total. The van der Waals surface area contributed by atoms with Crippen molar-refractivity contribution in [2.24, 2.45) is 11.8 Å². The number of methoxy groups -OCH3 is 1. The van der Waals surface area contributed by atoms with E-state index >= 15 is 0 Å². The Bertz CT molecular complexity index is 1210. The largest absolute Gasteiger partial charge is 0.496 e. The predicted molar refractivity (Wildman–Crippen MR) is 147 cm³/mol. The van der Waals surface area contributed by atoms with E-state index in [1.165, 1.54) is 30.4 Å². The van der Waals surface area contributed by atoms with E-state index in [4.69, 9.17) is 4.74 Å². The summed E-state index contributed by atoms with van der Waals surface area (Å²) in [6.07, 6.45) is 12.2. The smallest absolute Gasteiger partial charge is 0.230 e. The van der Waals surface area contributed by atoms with Gasteiger partial charge >= 0.3 is 0 Å². The monoisotopic (exact) mass is 500 g/mol. The molecule has 0 saturated heterocycles. The van der Waals surface area contributed by atoms with E-state index in [9.17, 15) is 4.79 Å². The first-order chi connectivity index (χ1) is 18.0. The molecule has 6 heteroatoms. The van der Waals surface area contributed by atoms with Crippen molar-refractivity contribution < 1.29 is 9.53 Å². The molecule has 37 heavy (non-hydrogen) atoms. The number of hydrogen-bond acceptors (Lipinski definition) is 4. The van der Waals surface area contributed by atoms with Gasteiger partial charge in [0, 0.05) is 18.2 Å². The molecule has 2 saturated carbocycles. The van der Waals surface area contributed by atoms with Gasteiger partial charge < -0.3 is 9.64 Å². The Morgan fingerprint density at radius 3 is 2.46 bits per heavy atom. The quantitative estimate of drug-likeness (QED) is 0.359. The highest BCUT2D eigenvalue weighted by Gasteiger charge is 2.31. The fourth-order valence-corrected chi connectivity index (χ4v) is 6.26. The van der Waals surface area contributed by atoms with Crippen LogP contribution in [0.15, 0.2) is 48.7 Å². The summed E-state index contributed by atoms with van der Waals surface area (Å²) >= 11 is 0. The fourth-order valence-electron chi connectivity index (χ4n) is 6.26. The third-order valence-electron chi connectivity index (χ3n) is 8.41. The van der Waals surface area contributed by atoms with Gasteiger partial charge in [0.15, 0.2) is 0 Å². The number of hydrogen-bond donors (Lipinski definition) is 0. The maximum Gasteiger partial charge on any atom is 0.230 e. The SMILES string of the molecule is COc1ccc(C2CCC(CN(C(=O)C3CCCCC3)c3cccc(-n4cc(C)nn4)c3)CC2)cc1C. The molecule has 1 heterocycles. The molecule has 2 aliphatic carbocycles. The van der Waals surface area contributed by atoms with Crippen LogP contribution < -0.4 is 9.64 Å². The normalized spacial score (nSPS) is 20.5. The third kappa shape index (κ3) is 5.89. The molecule has 3 aromatic rings. The van der Waals surface area contributed by atoms with Gasteiger partial charge in [-0.3, -0.25) is 4.79 Å². The van der Waals surface area contributed by atoms with E-state index in [1.54, 1.807) is 11.8 Å². The van der Waals surface area contributed by atoms with E-state index in [-0.39, 0.29) is 5.92 Å². The van der Waals surface area contributed by atoms with Crippen LogP contribution in [0.3, 0.4) is 0 Å². The fraction of sp³-hybridized carbons (Fsp3) is 0.516. The molecular formula is C31H40N4O2. The van der Waals surface area contributed by atoms with Crippen molar-refractivity contribution in [3.63, 3.8) is 0 Å². The molecule has 0 unspecified atom stereocenters. The van der Waals surface area contributed by atoms with Crippen LogP contribution >= 0.6 is 0 Å². The number of benzene rings is 2. The first kappa shape index (κ1) is 25.5. The van der Waals surface area contributed by atoms with Crippen molar-refractivity contribution in [1.82, 2.24) is 15.0 Å². The van der Waals surface area contributed by atoms with Crippen molar-refractivity contribution in [3.05, 3.63) is 65.5 Å². The van der Waals surface area contributed by atoms with Crippen molar-refractivity contribution in [2.75, 3.05) is 18.6 Å². The van der Waals surface area contributed by atoms with E-state index in [0.717, 1.165) is 67.9 Å². The van der Waals surface area contributed by atoms with Crippen LogP contribution in [-0.4, -0.2) is 34.6 Å². The number of amides is 1. The Morgan fingerprint density at radius 1 is 1.00 bits per heavy atom. The number of aryl methyl sites for hydroxylation is 2. The third-order valence-corrected chi connectivity index (χ3v) is 8.41. The second-order valence-corrected chi connectivity index (χ2v) is 11.1. The van der Waals surface area contributed by atoms with Gasteiger partial charge in [0.1, 0.15) is 5.75 Å². The predicted octanol–water partition coefficient (Wildman–Crippen LogP) is 6.78. The van der Waals surface area contributed by atoms with Gasteiger partial charge in [0.2, 0.25) is 5.91 Å². The van der Waals surface area contributed by atoms with Crippen LogP contribution in [0.1, 0.15) is 80.5 Å². The standard InChI is InChI=1S/C31H40N4O2/c1-22-18-27(16-17-30(22)37-3)25-14-12-24(13-15-25)21-34(31(36)26-8-5-4-6-9-26)28-10-7-11-29(19-28)35-20-23(2)32-33-35/h7,10-11,16-20,24-26H,4-6,8-9,12-15,21H2,1-3H3. The summed E-state index contributed by atoms with van der Waals surface area (Å²) in [7, 11) is 1.73. The summed E-state index contributed by atoms with van der Waals surface area (Å²) in [5.74, 6) is 2.50. The minimum atomic E-state index is 0.143. The van der Waals surface area contributed by atoms with E-state index in [1.807, 2.05) is 25.3 Å². The number of nitrogens with zero attached hydrogens (tertiary/aromatic N) is 4. The molecule has 0 aliphatic heterocycles. The molecule has 6 nitrogen and oxygen atoms in total. The average molecular weight is 501 g/mol. The number of carbonyl (C=O) groups excluding carboxylic acids is 1. The Morgan fingerprint density at radius 2 is 1.78 bits per heavy atom. The second kappa shape index (κ2) is 11.5. The zero-order valence-corrected chi connectivity index (χ0v) is 22.5. The van der Waals surface area contributed by atoms with Crippen LogP contribution in [0.5, 0.6) is 5.75 Å². The first-order valence-corrected chi connectivity index (χ1v) is 14.0. The lowest BCUT2D eigenvalue weighted by molar-refractivity contribution is -0.123. The lowest BCUT2D eigenvalue weighted by atomic mass is 9.78. The maximum absolute atomic E-state index is 13.9. The van der Waals surface area contributed by atoms with E-state index in [0.29, 0.717) is 17.7 Å². The highest BCUT2D eigenvalue weighted by atomic mass is 16.5. The van der Waals surface area contributed by atoms with Crippen LogP contribution in [0, 0.1) is 25.7 Å². The Labute approximate surface area is 221 Å². The molecule has 2 fully saturated rings. The Hall–Kier alpha value is -3.15. The van der Waals surface area contributed by atoms with Crippen LogP contribution in [0.4, 0.5) is 5.69 Å². The summed E-state index contributed by atoms with van der Waals surface area (Å²) in [5.41, 5.74) is 5.42. The summed E-state index contributed by atoms with van der Waals surface area (Å²) in [4.78, 5) is 16.0. The van der Waals surface area contributed by atoms with E-state index < -0.39 is 0 Å². The van der Waals surface area contributed by atoms with Gasteiger partial charge in [0.05, 0.1) is 24.7 Å². The molecule has 2 aliphatic rings. The molecule has 196 valence electrons. The minimum Gasteiger partial charge on any atom is -0.496 e. The molecule has 0 spiro atoms. The van der Waals surface area contributed by atoms with Crippen LogP contribution in [-0.2, 0) is 4.79 Å². The average Bonchev–Trinajstić information content (AvgIpc) is 3.38. The van der Waals surface area contributed by atoms with Crippen LogP contribution in [0.2, 0.25) is 0 Å². The molecule has 2 aromatic carbocycles.